The van der Waals surface area contributed by atoms with E-state index >= 15 is 0 Å². The van der Waals surface area contributed by atoms with Crippen LogP contribution in [0.25, 0.3) is 0 Å². The van der Waals surface area contributed by atoms with Gasteiger partial charge in [0.25, 0.3) is 0 Å². The van der Waals surface area contributed by atoms with Crippen LogP contribution in [0.15, 0.2) is 47.7 Å². The zero-order valence-electron chi connectivity index (χ0n) is 12.4. The Morgan fingerprint density at radius 1 is 1.19 bits per heavy atom. The van der Waals surface area contributed by atoms with Crippen LogP contribution < -0.4 is 0 Å². The van der Waals surface area contributed by atoms with E-state index in [1.807, 2.05) is 6.07 Å². The number of hydrogen-bond donors (Lipinski definition) is 0. The van der Waals surface area contributed by atoms with Crippen LogP contribution in [0.1, 0.15) is 37.6 Å². The molecule has 1 aromatic carbocycles. The molecule has 21 heavy (non-hydrogen) atoms. The molecule has 0 bridgehead atoms. The molecule has 0 radical (unpaired) electrons. The summed E-state index contributed by atoms with van der Waals surface area (Å²) in [6, 6.07) is 8.67. The summed E-state index contributed by atoms with van der Waals surface area (Å²) in [5.41, 5.74) is -0.0836. The van der Waals surface area contributed by atoms with E-state index in [1.165, 1.54) is 12.5 Å². The van der Waals surface area contributed by atoms with Crippen molar-refractivity contribution in [1.29, 1.82) is 0 Å². The first-order valence-electron chi connectivity index (χ1n) is 6.55. The van der Waals surface area contributed by atoms with Crippen LogP contribution in [-0.2, 0) is 9.47 Å². The van der Waals surface area contributed by atoms with Crippen LogP contribution in [0.5, 0.6) is 0 Å². The highest BCUT2D eigenvalue weighted by molar-refractivity contribution is 5.89. The van der Waals surface area contributed by atoms with Crippen molar-refractivity contribution in [2.45, 2.75) is 32.8 Å². The first-order chi connectivity index (χ1) is 9.88. The fourth-order valence-corrected chi connectivity index (χ4v) is 1.28. The Balaban J connectivity index is 2.30. The summed E-state index contributed by atoms with van der Waals surface area (Å²) in [6.07, 6.45) is 3.96. The van der Waals surface area contributed by atoms with Gasteiger partial charge in [0, 0.05) is 12.6 Å². The quantitative estimate of drug-likeness (QED) is 0.481. The van der Waals surface area contributed by atoms with Gasteiger partial charge < -0.3 is 9.47 Å². The number of carbonyl (C=O) groups excluding carboxylic acids is 2. The van der Waals surface area contributed by atoms with Crippen LogP contribution in [0, 0.1) is 0 Å². The predicted octanol–water partition coefficient (Wildman–Crippen LogP) is 3.75. The van der Waals surface area contributed by atoms with Crippen molar-refractivity contribution in [2.75, 3.05) is 0 Å². The molecule has 0 spiro atoms. The molecule has 1 rings (SSSR count). The Kier molecular flexibility index (Phi) is 6.33. The fraction of sp³-hybridized carbons (Fsp3) is 0.312. The molecule has 0 fully saturated rings. The Morgan fingerprint density at radius 2 is 1.86 bits per heavy atom. The van der Waals surface area contributed by atoms with Gasteiger partial charge >= 0.3 is 12.1 Å². The lowest BCUT2D eigenvalue weighted by atomic mass is 10.2. The van der Waals surface area contributed by atoms with Gasteiger partial charge in [0.05, 0.1) is 11.8 Å². The number of nitrogens with zero attached hydrogens (tertiary/aromatic N) is 1. The van der Waals surface area contributed by atoms with Crippen LogP contribution in [0.3, 0.4) is 0 Å². The number of ether oxygens (including phenoxy) is 2. The van der Waals surface area contributed by atoms with Gasteiger partial charge in [0.2, 0.25) is 0 Å². The number of allylic oxidation sites excluding steroid dienone is 1. The number of esters is 1. The SMILES string of the molecule is CC(C)(C)OC(=O)N=CCC=COC(=O)c1ccccc1. The van der Waals surface area contributed by atoms with E-state index in [4.69, 9.17) is 9.47 Å². The Labute approximate surface area is 124 Å². The molecule has 0 unspecified atom stereocenters. The molecule has 0 saturated heterocycles. The van der Waals surface area contributed by atoms with E-state index < -0.39 is 17.7 Å². The van der Waals surface area contributed by atoms with Crippen molar-refractivity contribution in [3.05, 3.63) is 48.2 Å². The van der Waals surface area contributed by atoms with E-state index in [0.717, 1.165) is 0 Å². The number of amides is 1. The fourth-order valence-electron chi connectivity index (χ4n) is 1.28. The number of hydrogen-bond acceptors (Lipinski definition) is 4. The molecule has 0 aliphatic rings. The van der Waals surface area contributed by atoms with Crippen LogP contribution in [-0.4, -0.2) is 23.9 Å². The smallest absolute Gasteiger partial charge is 0.433 e. The molecule has 0 aliphatic carbocycles. The van der Waals surface area contributed by atoms with Crippen molar-refractivity contribution in [1.82, 2.24) is 0 Å². The van der Waals surface area contributed by atoms with E-state index in [-0.39, 0.29) is 0 Å². The molecule has 0 atom stereocenters. The third-order valence-electron chi connectivity index (χ3n) is 2.11. The van der Waals surface area contributed by atoms with Gasteiger partial charge in [0.15, 0.2) is 0 Å². The maximum absolute atomic E-state index is 11.6. The molecular weight excluding hydrogens is 270 g/mol. The van der Waals surface area contributed by atoms with E-state index in [2.05, 4.69) is 4.99 Å². The minimum Gasteiger partial charge on any atom is -0.442 e. The minimum atomic E-state index is -0.641. The Hall–Kier alpha value is -2.43. The highest BCUT2D eigenvalue weighted by Crippen LogP contribution is 2.07. The monoisotopic (exact) mass is 289 g/mol. The molecule has 0 saturated carbocycles. The highest BCUT2D eigenvalue weighted by atomic mass is 16.6. The summed E-state index contributed by atoms with van der Waals surface area (Å²) < 4.78 is 9.91. The molecule has 0 heterocycles. The summed E-state index contributed by atoms with van der Waals surface area (Å²) >= 11 is 0. The number of benzene rings is 1. The van der Waals surface area contributed by atoms with Gasteiger partial charge in [-0.25, -0.2) is 9.59 Å². The molecular formula is C16H19NO4. The maximum Gasteiger partial charge on any atom is 0.433 e. The summed E-state index contributed by atoms with van der Waals surface area (Å²) in [5, 5.41) is 0. The van der Waals surface area contributed by atoms with Crippen LogP contribution in [0.2, 0.25) is 0 Å². The van der Waals surface area contributed by atoms with E-state index in [9.17, 15) is 9.59 Å². The number of aliphatic imine (C=N–C) groups is 1. The van der Waals surface area contributed by atoms with Gasteiger partial charge in [-0.05, 0) is 39.0 Å². The normalized spacial score (nSPS) is 11.8. The molecule has 1 amide bonds. The van der Waals surface area contributed by atoms with Crippen LogP contribution >= 0.6 is 0 Å². The van der Waals surface area contributed by atoms with Crippen molar-refractivity contribution in [3.8, 4) is 0 Å². The molecule has 1 aromatic rings. The topological polar surface area (TPSA) is 65.0 Å². The molecule has 0 aromatic heterocycles. The number of rotatable bonds is 4. The third kappa shape index (κ3) is 7.67. The molecule has 0 aliphatic heterocycles. The molecule has 0 N–H and O–H groups in total. The van der Waals surface area contributed by atoms with Crippen molar-refractivity contribution >= 4 is 18.3 Å². The van der Waals surface area contributed by atoms with Gasteiger partial charge in [-0.3, -0.25) is 0 Å². The Bertz CT molecular complexity index is 527. The molecule has 112 valence electrons. The number of carbonyl (C=O) groups is 2. The molecule has 5 nitrogen and oxygen atoms in total. The average molecular weight is 289 g/mol. The zero-order valence-corrected chi connectivity index (χ0v) is 12.4. The summed E-state index contributed by atoms with van der Waals surface area (Å²) in [4.78, 5) is 26.4. The largest absolute Gasteiger partial charge is 0.442 e. The average Bonchev–Trinajstić information content (AvgIpc) is 2.41. The second-order valence-electron chi connectivity index (χ2n) is 5.17. The van der Waals surface area contributed by atoms with Crippen LogP contribution in [0.4, 0.5) is 4.79 Å². The lowest BCUT2D eigenvalue weighted by molar-refractivity contribution is 0.0602. The van der Waals surface area contributed by atoms with Gasteiger partial charge in [-0.2, -0.15) is 4.99 Å². The predicted molar refractivity (Wildman–Crippen MR) is 80.3 cm³/mol. The lowest BCUT2D eigenvalue weighted by Crippen LogP contribution is -2.21. The first kappa shape index (κ1) is 16.6. The molecule has 5 heteroatoms. The lowest BCUT2D eigenvalue weighted by Gasteiger charge is -2.16. The maximum atomic E-state index is 11.6. The van der Waals surface area contributed by atoms with Gasteiger partial charge in [-0.1, -0.05) is 18.2 Å². The van der Waals surface area contributed by atoms with E-state index in [1.54, 1.807) is 51.1 Å². The third-order valence-corrected chi connectivity index (χ3v) is 2.11. The summed E-state index contributed by atoms with van der Waals surface area (Å²) in [7, 11) is 0. The van der Waals surface area contributed by atoms with Crippen molar-refractivity contribution in [2.24, 2.45) is 4.99 Å². The summed E-state index contributed by atoms with van der Waals surface area (Å²) in [6.45, 7) is 5.30. The van der Waals surface area contributed by atoms with Gasteiger partial charge in [-0.15, -0.1) is 0 Å². The zero-order chi connectivity index (χ0) is 15.7. The van der Waals surface area contributed by atoms with E-state index in [0.29, 0.717) is 12.0 Å². The standard InChI is InChI=1S/C16H19NO4/c1-16(2,3)21-15(19)17-11-7-8-12-20-14(18)13-9-5-4-6-10-13/h4-6,8-12H,7H2,1-3H3. The Morgan fingerprint density at radius 3 is 2.48 bits per heavy atom. The second-order valence-corrected chi connectivity index (χ2v) is 5.17. The highest BCUT2D eigenvalue weighted by Gasteiger charge is 2.14. The van der Waals surface area contributed by atoms with Crippen molar-refractivity contribution in [3.63, 3.8) is 0 Å². The minimum absolute atomic E-state index is 0.362. The van der Waals surface area contributed by atoms with Crippen molar-refractivity contribution < 1.29 is 19.1 Å². The first-order valence-corrected chi connectivity index (χ1v) is 6.55. The summed E-state index contributed by atoms with van der Waals surface area (Å²) in [5.74, 6) is -0.434. The van der Waals surface area contributed by atoms with Gasteiger partial charge in [0.1, 0.15) is 5.60 Å². The second kappa shape index (κ2) is 7.99.